The van der Waals surface area contributed by atoms with Crippen LogP contribution in [0.1, 0.15) is 34.9 Å². The van der Waals surface area contributed by atoms with Gasteiger partial charge in [-0.25, -0.2) is 9.78 Å². The van der Waals surface area contributed by atoms with Crippen LogP contribution in [-0.4, -0.2) is 35.1 Å². The zero-order chi connectivity index (χ0) is 16.6. The third-order valence-corrected chi connectivity index (χ3v) is 4.86. The number of nitrogens with zero attached hydrogens (tertiary/aromatic N) is 1. The van der Waals surface area contributed by atoms with Crippen LogP contribution in [0.5, 0.6) is 0 Å². The number of carbonyl (C=O) groups excluding carboxylic acids is 2. The van der Waals surface area contributed by atoms with E-state index in [4.69, 9.17) is 9.47 Å². The Bertz CT molecular complexity index is 838. The molecule has 7 nitrogen and oxygen atoms in total. The van der Waals surface area contributed by atoms with E-state index >= 15 is 0 Å². The quantitative estimate of drug-likeness (QED) is 0.848. The predicted octanol–water partition coefficient (Wildman–Crippen LogP) is 1.44. The number of thiophene rings is 1. The molecule has 0 aromatic carbocycles. The van der Waals surface area contributed by atoms with Crippen LogP contribution in [0.2, 0.25) is 0 Å². The SMILES string of the molecule is CCOC(=O)c1nc2sc3c(c2c(=O)[nH]1)CC(C(=O)OCC)C3. The predicted molar refractivity (Wildman–Crippen MR) is 83.7 cm³/mol. The van der Waals surface area contributed by atoms with E-state index in [1.807, 2.05) is 0 Å². The molecule has 1 aliphatic rings. The van der Waals surface area contributed by atoms with Crippen LogP contribution < -0.4 is 5.56 Å². The minimum absolute atomic E-state index is 0.0915. The molecule has 0 aliphatic heterocycles. The molecule has 1 atom stereocenters. The first kappa shape index (κ1) is 15.7. The molecule has 0 fully saturated rings. The van der Waals surface area contributed by atoms with Gasteiger partial charge in [0, 0.05) is 4.88 Å². The van der Waals surface area contributed by atoms with Crippen LogP contribution >= 0.6 is 11.3 Å². The molecule has 23 heavy (non-hydrogen) atoms. The summed E-state index contributed by atoms with van der Waals surface area (Å²) in [6.45, 7) is 4.00. The van der Waals surface area contributed by atoms with Crippen LogP contribution in [0.3, 0.4) is 0 Å². The van der Waals surface area contributed by atoms with E-state index in [-0.39, 0.29) is 29.9 Å². The van der Waals surface area contributed by atoms with Crippen molar-refractivity contribution in [1.29, 1.82) is 0 Å². The fourth-order valence-electron chi connectivity index (χ4n) is 2.76. The molecule has 1 N–H and O–H groups in total. The fraction of sp³-hybridized carbons (Fsp3) is 0.467. The average Bonchev–Trinajstić information content (AvgIpc) is 3.04. The smallest absolute Gasteiger partial charge is 0.374 e. The van der Waals surface area contributed by atoms with Crippen LogP contribution in [0, 0.1) is 5.92 Å². The zero-order valence-corrected chi connectivity index (χ0v) is 13.6. The van der Waals surface area contributed by atoms with E-state index in [9.17, 15) is 14.4 Å². The molecule has 0 amide bonds. The van der Waals surface area contributed by atoms with Gasteiger partial charge in [-0.1, -0.05) is 0 Å². The van der Waals surface area contributed by atoms with Crippen LogP contribution in [0.25, 0.3) is 10.2 Å². The third kappa shape index (κ3) is 2.74. The Balaban J connectivity index is 1.96. The van der Waals surface area contributed by atoms with Gasteiger partial charge in [0.05, 0.1) is 24.5 Å². The number of aromatic amines is 1. The van der Waals surface area contributed by atoms with Crippen molar-refractivity contribution in [1.82, 2.24) is 9.97 Å². The Morgan fingerprint density at radius 1 is 1.26 bits per heavy atom. The first-order chi connectivity index (χ1) is 11.0. The molecular formula is C15H16N2O5S. The summed E-state index contributed by atoms with van der Waals surface area (Å²) in [6, 6.07) is 0. The van der Waals surface area contributed by atoms with E-state index in [0.717, 1.165) is 10.4 Å². The van der Waals surface area contributed by atoms with Crippen molar-refractivity contribution in [3.63, 3.8) is 0 Å². The summed E-state index contributed by atoms with van der Waals surface area (Å²) in [5.41, 5.74) is 0.465. The van der Waals surface area contributed by atoms with Crippen molar-refractivity contribution in [3.8, 4) is 0 Å². The number of carbonyl (C=O) groups is 2. The van der Waals surface area contributed by atoms with Crippen molar-refractivity contribution in [3.05, 3.63) is 26.6 Å². The number of rotatable bonds is 4. The highest BCUT2D eigenvalue weighted by Gasteiger charge is 2.33. The summed E-state index contributed by atoms with van der Waals surface area (Å²) in [6.07, 6.45) is 1.01. The average molecular weight is 336 g/mol. The molecule has 0 bridgehead atoms. The number of aromatic nitrogens is 2. The van der Waals surface area contributed by atoms with Crippen molar-refractivity contribution < 1.29 is 19.1 Å². The maximum atomic E-state index is 12.3. The van der Waals surface area contributed by atoms with E-state index in [2.05, 4.69) is 9.97 Å². The van der Waals surface area contributed by atoms with E-state index < -0.39 is 5.97 Å². The second-order valence-electron chi connectivity index (χ2n) is 5.18. The highest BCUT2D eigenvalue weighted by molar-refractivity contribution is 7.18. The Morgan fingerprint density at radius 2 is 2.00 bits per heavy atom. The first-order valence-electron chi connectivity index (χ1n) is 7.43. The van der Waals surface area contributed by atoms with E-state index in [0.29, 0.717) is 29.7 Å². The van der Waals surface area contributed by atoms with Crippen molar-refractivity contribution in [2.45, 2.75) is 26.7 Å². The van der Waals surface area contributed by atoms with Crippen LogP contribution in [0.15, 0.2) is 4.79 Å². The zero-order valence-electron chi connectivity index (χ0n) is 12.8. The van der Waals surface area contributed by atoms with Gasteiger partial charge < -0.3 is 14.5 Å². The molecule has 2 aromatic heterocycles. The molecule has 8 heteroatoms. The second kappa shape index (κ2) is 6.11. The van der Waals surface area contributed by atoms with Gasteiger partial charge in [-0.15, -0.1) is 11.3 Å². The summed E-state index contributed by atoms with van der Waals surface area (Å²) in [5, 5.41) is 0.463. The fourth-order valence-corrected chi connectivity index (χ4v) is 4.04. The van der Waals surface area contributed by atoms with Gasteiger partial charge in [0.15, 0.2) is 0 Å². The Hall–Kier alpha value is -2.22. The number of esters is 2. The topological polar surface area (TPSA) is 98.4 Å². The molecule has 0 saturated heterocycles. The summed E-state index contributed by atoms with van der Waals surface area (Å²) in [4.78, 5) is 44.0. The van der Waals surface area contributed by atoms with Crippen molar-refractivity contribution in [2.75, 3.05) is 13.2 Å². The molecule has 0 saturated carbocycles. The molecule has 0 spiro atoms. The third-order valence-electron chi connectivity index (χ3n) is 3.72. The van der Waals surface area contributed by atoms with Gasteiger partial charge in [-0.05, 0) is 32.3 Å². The lowest BCUT2D eigenvalue weighted by Gasteiger charge is -2.07. The van der Waals surface area contributed by atoms with Gasteiger partial charge in [-0.3, -0.25) is 9.59 Å². The summed E-state index contributed by atoms with van der Waals surface area (Å²) >= 11 is 1.34. The maximum Gasteiger partial charge on any atom is 0.374 e. The van der Waals surface area contributed by atoms with Crippen LogP contribution in [-0.2, 0) is 27.1 Å². The lowest BCUT2D eigenvalue weighted by molar-refractivity contribution is -0.147. The summed E-state index contributed by atoms with van der Waals surface area (Å²) in [5.74, 6) is -1.23. The minimum Gasteiger partial charge on any atom is -0.466 e. The van der Waals surface area contributed by atoms with E-state index in [1.54, 1.807) is 13.8 Å². The number of hydrogen-bond acceptors (Lipinski definition) is 7. The molecule has 1 unspecified atom stereocenters. The number of ether oxygens (including phenoxy) is 2. The van der Waals surface area contributed by atoms with Gasteiger partial charge in [0.2, 0.25) is 5.82 Å². The molecule has 3 rings (SSSR count). The Morgan fingerprint density at radius 3 is 2.70 bits per heavy atom. The first-order valence-corrected chi connectivity index (χ1v) is 8.25. The Labute approximate surface area is 135 Å². The van der Waals surface area contributed by atoms with Crippen molar-refractivity contribution >= 4 is 33.5 Å². The van der Waals surface area contributed by atoms with Gasteiger partial charge in [0.25, 0.3) is 5.56 Å². The monoisotopic (exact) mass is 336 g/mol. The molecule has 2 heterocycles. The number of hydrogen-bond donors (Lipinski definition) is 1. The van der Waals surface area contributed by atoms with Gasteiger partial charge >= 0.3 is 11.9 Å². The normalized spacial score (nSPS) is 16.3. The summed E-state index contributed by atoms with van der Waals surface area (Å²) in [7, 11) is 0. The summed E-state index contributed by atoms with van der Waals surface area (Å²) < 4.78 is 9.91. The number of H-pyrrole nitrogens is 1. The number of nitrogens with one attached hydrogen (secondary N) is 1. The van der Waals surface area contributed by atoms with Gasteiger partial charge in [-0.2, -0.15) is 0 Å². The molecular weight excluding hydrogens is 320 g/mol. The molecule has 0 radical (unpaired) electrons. The largest absolute Gasteiger partial charge is 0.466 e. The highest BCUT2D eigenvalue weighted by atomic mass is 32.1. The Kier molecular flexibility index (Phi) is 4.16. The minimum atomic E-state index is -0.649. The molecule has 2 aromatic rings. The standard InChI is InChI=1S/C15H16N2O5S/c1-3-21-14(19)7-5-8-9(6-7)23-13-10(8)12(18)16-11(17-13)15(20)22-4-2/h7H,3-6H2,1-2H3,(H,16,17,18). The number of fused-ring (bicyclic) bond motifs is 3. The van der Waals surface area contributed by atoms with Crippen molar-refractivity contribution in [2.24, 2.45) is 5.92 Å². The molecule has 122 valence electrons. The highest BCUT2D eigenvalue weighted by Crippen LogP contribution is 2.37. The lowest BCUT2D eigenvalue weighted by atomic mass is 10.1. The van der Waals surface area contributed by atoms with E-state index in [1.165, 1.54) is 11.3 Å². The van der Waals surface area contributed by atoms with Crippen LogP contribution in [0.4, 0.5) is 0 Å². The second-order valence-corrected chi connectivity index (χ2v) is 6.26. The van der Waals surface area contributed by atoms with Gasteiger partial charge in [0.1, 0.15) is 4.83 Å². The maximum absolute atomic E-state index is 12.3. The lowest BCUT2D eigenvalue weighted by Crippen LogP contribution is -2.19. The molecule has 1 aliphatic carbocycles.